The molecule has 0 aliphatic carbocycles. The Morgan fingerprint density at radius 3 is 2.60 bits per heavy atom. The molecule has 8 nitrogen and oxygen atoms in total. The van der Waals surface area contributed by atoms with Gasteiger partial charge < -0.3 is 24.6 Å². The first-order valence-corrected chi connectivity index (χ1v) is 8.06. The van der Waals surface area contributed by atoms with Gasteiger partial charge in [0.05, 0.1) is 25.4 Å². The summed E-state index contributed by atoms with van der Waals surface area (Å²) in [5.74, 6) is -0.258. The fourth-order valence-corrected chi connectivity index (χ4v) is 2.34. The van der Waals surface area contributed by atoms with Crippen LogP contribution in [0.15, 0.2) is 24.3 Å². The molecule has 0 saturated carbocycles. The van der Waals surface area contributed by atoms with Crippen LogP contribution >= 0.6 is 0 Å². The van der Waals surface area contributed by atoms with Crippen molar-refractivity contribution in [2.24, 2.45) is 0 Å². The van der Waals surface area contributed by atoms with Gasteiger partial charge in [-0.05, 0) is 12.1 Å². The third-order valence-corrected chi connectivity index (χ3v) is 3.71. The lowest BCUT2D eigenvalue weighted by atomic mass is 10.3. The van der Waals surface area contributed by atoms with E-state index in [0.29, 0.717) is 37.7 Å². The van der Waals surface area contributed by atoms with Gasteiger partial charge in [-0.15, -0.1) is 0 Å². The highest BCUT2D eigenvalue weighted by Gasteiger charge is 2.20. The lowest BCUT2D eigenvalue weighted by molar-refractivity contribution is -0.142. The summed E-state index contributed by atoms with van der Waals surface area (Å²) in [6, 6.07) is 6.86. The normalized spacial score (nSPS) is 13.9. The van der Waals surface area contributed by atoms with Crippen LogP contribution < -0.4 is 10.1 Å². The van der Waals surface area contributed by atoms with Crippen LogP contribution in [0.2, 0.25) is 0 Å². The van der Waals surface area contributed by atoms with Crippen LogP contribution in [0, 0.1) is 0 Å². The van der Waals surface area contributed by atoms with E-state index >= 15 is 0 Å². The number of ether oxygens (including phenoxy) is 2. The van der Waals surface area contributed by atoms with E-state index in [2.05, 4.69) is 5.32 Å². The van der Waals surface area contributed by atoms with Crippen LogP contribution in [0.3, 0.4) is 0 Å². The van der Waals surface area contributed by atoms with Gasteiger partial charge in [0.1, 0.15) is 5.75 Å². The number of carbonyl (C=O) groups is 3. The zero-order chi connectivity index (χ0) is 18.2. The minimum atomic E-state index is -0.320. The quantitative estimate of drug-likeness (QED) is 0.800. The van der Waals surface area contributed by atoms with E-state index in [9.17, 15) is 14.4 Å². The minimum absolute atomic E-state index is 0.00443. The number of hydrogen-bond acceptors (Lipinski definition) is 5. The Kier molecular flexibility index (Phi) is 6.76. The highest BCUT2D eigenvalue weighted by Crippen LogP contribution is 2.23. The number of nitrogens with zero attached hydrogens (tertiary/aromatic N) is 2. The largest absolute Gasteiger partial charge is 0.482 e. The molecule has 0 bridgehead atoms. The Bertz CT molecular complexity index is 628. The SMILES string of the molecule is CC(=O)Nc1ccccc1OCC(=O)N(C)CC(=O)N1CCOCC1. The molecule has 25 heavy (non-hydrogen) atoms. The number of anilines is 1. The first-order valence-electron chi connectivity index (χ1n) is 8.06. The number of para-hydroxylation sites is 2. The molecular formula is C17H23N3O5. The molecule has 1 heterocycles. The molecule has 1 aliphatic heterocycles. The Labute approximate surface area is 146 Å². The second-order valence-electron chi connectivity index (χ2n) is 5.71. The molecule has 8 heteroatoms. The van der Waals surface area contributed by atoms with E-state index in [1.54, 1.807) is 36.2 Å². The Morgan fingerprint density at radius 1 is 1.24 bits per heavy atom. The molecule has 0 spiro atoms. The fraction of sp³-hybridized carbons (Fsp3) is 0.471. The Hall–Kier alpha value is -2.61. The van der Waals surface area contributed by atoms with Crippen molar-refractivity contribution in [1.29, 1.82) is 0 Å². The third-order valence-electron chi connectivity index (χ3n) is 3.71. The molecule has 1 saturated heterocycles. The number of carbonyl (C=O) groups excluding carboxylic acids is 3. The van der Waals surface area contributed by atoms with Crippen LogP contribution in [0.25, 0.3) is 0 Å². The molecule has 136 valence electrons. The van der Waals surface area contributed by atoms with Gasteiger partial charge in [-0.1, -0.05) is 12.1 Å². The van der Waals surface area contributed by atoms with Crippen molar-refractivity contribution in [1.82, 2.24) is 9.80 Å². The van der Waals surface area contributed by atoms with Crippen molar-refractivity contribution in [3.05, 3.63) is 24.3 Å². The van der Waals surface area contributed by atoms with E-state index in [-0.39, 0.29) is 30.9 Å². The highest BCUT2D eigenvalue weighted by molar-refractivity contribution is 5.90. The van der Waals surface area contributed by atoms with Crippen molar-refractivity contribution in [3.8, 4) is 5.75 Å². The molecule has 1 aliphatic rings. The van der Waals surface area contributed by atoms with Crippen LogP contribution in [-0.2, 0) is 19.1 Å². The molecule has 0 unspecified atom stereocenters. The number of benzene rings is 1. The summed E-state index contributed by atoms with van der Waals surface area (Å²) in [5, 5.41) is 2.64. The second-order valence-corrected chi connectivity index (χ2v) is 5.71. The number of likely N-dealkylation sites (N-methyl/N-ethyl adjacent to an activating group) is 1. The molecular weight excluding hydrogens is 326 g/mol. The number of nitrogens with one attached hydrogen (secondary N) is 1. The smallest absolute Gasteiger partial charge is 0.260 e. The second kappa shape index (κ2) is 9.03. The molecule has 1 aromatic rings. The zero-order valence-corrected chi connectivity index (χ0v) is 14.5. The van der Waals surface area contributed by atoms with Crippen LogP contribution in [0.5, 0.6) is 5.75 Å². The third kappa shape index (κ3) is 5.75. The van der Waals surface area contributed by atoms with Crippen molar-refractivity contribution < 1.29 is 23.9 Å². The van der Waals surface area contributed by atoms with E-state index in [0.717, 1.165) is 0 Å². The zero-order valence-electron chi connectivity index (χ0n) is 14.5. The summed E-state index contributed by atoms with van der Waals surface area (Å²) in [5.41, 5.74) is 0.495. The van der Waals surface area contributed by atoms with Crippen molar-refractivity contribution >= 4 is 23.4 Å². The van der Waals surface area contributed by atoms with Crippen molar-refractivity contribution in [2.75, 3.05) is 51.8 Å². The lowest BCUT2D eigenvalue weighted by Gasteiger charge is -2.28. The predicted octanol–water partition coefficient (Wildman–Crippen LogP) is 0.341. The van der Waals surface area contributed by atoms with Gasteiger partial charge in [0.2, 0.25) is 11.8 Å². The average molecular weight is 349 g/mol. The van der Waals surface area contributed by atoms with Crippen LogP contribution in [0.1, 0.15) is 6.92 Å². The Morgan fingerprint density at radius 2 is 1.92 bits per heavy atom. The van der Waals surface area contributed by atoms with Gasteiger partial charge in [0.15, 0.2) is 6.61 Å². The van der Waals surface area contributed by atoms with Gasteiger partial charge in [0.25, 0.3) is 5.91 Å². The minimum Gasteiger partial charge on any atom is -0.482 e. The predicted molar refractivity (Wildman–Crippen MR) is 91.3 cm³/mol. The first-order chi connectivity index (χ1) is 12.0. The number of rotatable bonds is 6. The molecule has 1 fully saturated rings. The molecule has 1 N–H and O–H groups in total. The van der Waals surface area contributed by atoms with Gasteiger partial charge in [-0.2, -0.15) is 0 Å². The number of hydrogen-bond donors (Lipinski definition) is 1. The van der Waals surface area contributed by atoms with Crippen molar-refractivity contribution in [2.45, 2.75) is 6.92 Å². The van der Waals surface area contributed by atoms with Crippen molar-refractivity contribution in [3.63, 3.8) is 0 Å². The molecule has 0 aromatic heterocycles. The Balaban J connectivity index is 1.85. The van der Waals surface area contributed by atoms with Gasteiger partial charge >= 0.3 is 0 Å². The first kappa shape index (κ1) is 18.7. The average Bonchev–Trinajstić information content (AvgIpc) is 2.60. The van der Waals surface area contributed by atoms with Gasteiger partial charge in [-0.25, -0.2) is 0 Å². The topological polar surface area (TPSA) is 88.2 Å². The molecule has 2 rings (SSSR count). The standard InChI is InChI=1S/C17H23N3O5/c1-13(21)18-14-5-3-4-6-15(14)25-12-17(23)19(2)11-16(22)20-7-9-24-10-8-20/h3-6H,7-12H2,1-2H3,(H,18,21). The summed E-state index contributed by atoms with van der Waals surface area (Å²) >= 11 is 0. The van der Waals surface area contributed by atoms with Crippen LogP contribution in [0.4, 0.5) is 5.69 Å². The number of amides is 3. The number of morpholine rings is 1. The van der Waals surface area contributed by atoms with Crippen LogP contribution in [-0.4, -0.2) is 74.0 Å². The van der Waals surface area contributed by atoms with Gasteiger partial charge in [0, 0.05) is 27.1 Å². The molecule has 0 radical (unpaired) electrons. The maximum atomic E-state index is 12.2. The lowest BCUT2D eigenvalue weighted by Crippen LogP contribution is -2.46. The molecule has 0 atom stereocenters. The molecule has 3 amide bonds. The van der Waals surface area contributed by atoms with E-state index in [1.165, 1.54) is 11.8 Å². The highest BCUT2D eigenvalue weighted by atomic mass is 16.5. The summed E-state index contributed by atoms with van der Waals surface area (Å²) in [7, 11) is 1.56. The van der Waals surface area contributed by atoms with Gasteiger partial charge in [-0.3, -0.25) is 14.4 Å². The summed E-state index contributed by atoms with van der Waals surface area (Å²) in [6.45, 7) is 3.30. The van der Waals surface area contributed by atoms with E-state index < -0.39 is 0 Å². The summed E-state index contributed by atoms with van der Waals surface area (Å²) in [4.78, 5) is 38.5. The summed E-state index contributed by atoms with van der Waals surface area (Å²) < 4.78 is 10.7. The summed E-state index contributed by atoms with van der Waals surface area (Å²) in [6.07, 6.45) is 0. The maximum Gasteiger partial charge on any atom is 0.260 e. The maximum absolute atomic E-state index is 12.2. The molecule has 1 aromatic carbocycles. The van der Waals surface area contributed by atoms with E-state index in [4.69, 9.17) is 9.47 Å². The fourth-order valence-electron chi connectivity index (χ4n) is 2.34. The van der Waals surface area contributed by atoms with E-state index in [1.807, 2.05) is 0 Å². The monoisotopic (exact) mass is 349 g/mol.